The van der Waals surface area contributed by atoms with Crippen LogP contribution in [-0.4, -0.2) is 25.2 Å². The Kier molecular flexibility index (Phi) is 5.50. The van der Waals surface area contributed by atoms with Gasteiger partial charge in [-0.05, 0) is 54.1 Å². The molecule has 2 aromatic carbocycles. The first-order valence-corrected chi connectivity index (χ1v) is 10.8. The van der Waals surface area contributed by atoms with Crippen molar-refractivity contribution in [3.8, 4) is 0 Å². The molecule has 31 heavy (non-hydrogen) atoms. The fourth-order valence-corrected chi connectivity index (χ4v) is 4.09. The molecule has 0 bridgehead atoms. The van der Waals surface area contributed by atoms with Gasteiger partial charge in [0.1, 0.15) is 6.42 Å². The van der Waals surface area contributed by atoms with Crippen LogP contribution < -0.4 is 15.4 Å². The van der Waals surface area contributed by atoms with Gasteiger partial charge in [-0.15, -0.1) is 0 Å². The molecule has 0 radical (unpaired) electrons. The largest absolute Gasteiger partial charge is 0.324 e. The number of anilines is 3. The molecule has 8 nitrogen and oxygen atoms in total. The Balaban J connectivity index is 1.56. The van der Waals surface area contributed by atoms with Crippen LogP contribution >= 0.6 is 0 Å². The summed E-state index contributed by atoms with van der Waals surface area (Å²) in [6.07, 6.45) is 5.03. The van der Waals surface area contributed by atoms with Crippen LogP contribution in [0.15, 0.2) is 71.8 Å². The number of hydrogen-bond acceptors (Lipinski definition) is 5. The van der Waals surface area contributed by atoms with Gasteiger partial charge in [-0.1, -0.05) is 24.3 Å². The Morgan fingerprint density at radius 1 is 0.871 bits per heavy atom. The second-order valence-corrected chi connectivity index (χ2v) is 8.48. The predicted molar refractivity (Wildman–Crippen MR) is 119 cm³/mol. The van der Waals surface area contributed by atoms with Crippen LogP contribution in [-0.2, 0) is 19.6 Å². The van der Waals surface area contributed by atoms with Gasteiger partial charge in [0.25, 0.3) is 10.0 Å². The number of benzene rings is 2. The maximum atomic E-state index is 12.9. The molecule has 0 fully saturated rings. The van der Waals surface area contributed by atoms with E-state index >= 15 is 0 Å². The van der Waals surface area contributed by atoms with Gasteiger partial charge >= 0.3 is 0 Å². The number of nitrogens with one attached hydrogen (secondary N) is 3. The number of hydrogen-bond donors (Lipinski definition) is 3. The van der Waals surface area contributed by atoms with E-state index in [4.69, 9.17) is 0 Å². The summed E-state index contributed by atoms with van der Waals surface area (Å²) in [6, 6.07) is 16.6. The van der Waals surface area contributed by atoms with Crippen LogP contribution in [0.1, 0.15) is 17.7 Å². The van der Waals surface area contributed by atoms with Crippen molar-refractivity contribution in [1.82, 2.24) is 4.98 Å². The van der Waals surface area contributed by atoms with Crippen LogP contribution in [0.25, 0.3) is 12.2 Å². The highest BCUT2D eigenvalue weighted by molar-refractivity contribution is 7.92. The first kappa shape index (κ1) is 20.3. The summed E-state index contributed by atoms with van der Waals surface area (Å²) in [6.45, 7) is 0. The van der Waals surface area contributed by atoms with E-state index < -0.39 is 21.8 Å². The standard InChI is InChI=1S/C22H18N4O4S/c27-21-14-22(28)25-20-13-18(9-10-19(20)24-21)31(29,30)26-17-6-3-4-15(12-17)7-8-16-5-1-2-11-23-16/h1-13,26H,14H2,(H,24,27)(H,25,28). The maximum absolute atomic E-state index is 12.9. The zero-order chi connectivity index (χ0) is 21.8. The minimum atomic E-state index is -3.92. The molecule has 0 saturated carbocycles. The Morgan fingerprint density at radius 2 is 1.68 bits per heavy atom. The van der Waals surface area contributed by atoms with Gasteiger partial charge in [0.2, 0.25) is 11.8 Å². The lowest BCUT2D eigenvalue weighted by atomic mass is 10.2. The average molecular weight is 434 g/mol. The Labute approximate surface area is 179 Å². The van der Waals surface area contributed by atoms with E-state index in [2.05, 4.69) is 20.3 Å². The van der Waals surface area contributed by atoms with Gasteiger partial charge < -0.3 is 10.6 Å². The third-order valence-corrected chi connectivity index (χ3v) is 5.82. The van der Waals surface area contributed by atoms with E-state index in [-0.39, 0.29) is 17.0 Å². The second kappa shape index (κ2) is 8.41. The van der Waals surface area contributed by atoms with E-state index in [9.17, 15) is 18.0 Å². The lowest BCUT2D eigenvalue weighted by Gasteiger charge is -2.12. The van der Waals surface area contributed by atoms with E-state index in [0.29, 0.717) is 11.4 Å². The number of amides is 2. The smallest absolute Gasteiger partial charge is 0.261 e. The number of sulfonamides is 1. The van der Waals surface area contributed by atoms with E-state index in [0.717, 1.165) is 11.3 Å². The van der Waals surface area contributed by atoms with Crippen LogP contribution in [0.5, 0.6) is 0 Å². The normalized spacial score (nSPS) is 13.8. The summed E-state index contributed by atoms with van der Waals surface area (Å²) in [7, 11) is -3.92. The minimum absolute atomic E-state index is 0.0443. The number of carbonyl (C=O) groups excluding carboxylic acids is 2. The predicted octanol–water partition coefficient (Wildman–Crippen LogP) is 3.33. The molecule has 2 amide bonds. The van der Waals surface area contributed by atoms with E-state index in [1.54, 1.807) is 24.4 Å². The van der Waals surface area contributed by atoms with Gasteiger partial charge in [0.05, 0.1) is 22.0 Å². The zero-order valence-electron chi connectivity index (χ0n) is 16.2. The number of fused-ring (bicyclic) bond motifs is 1. The molecule has 2 heterocycles. The van der Waals surface area contributed by atoms with Crippen molar-refractivity contribution in [2.24, 2.45) is 0 Å². The topological polar surface area (TPSA) is 117 Å². The summed E-state index contributed by atoms with van der Waals surface area (Å²) in [4.78, 5) is 27.6. The van der Waals surface area contributed by atoms with E-state index in [1.807, 2.05) is 36.4 Å². The van der Waals surface area contributed by atoms with Crippen molar-refractivity contribution in [2.45, 2.75) is 11.3 Å². The number of aromatic nitrogens is 1. The monoisotopic (exact) mass is 434 g/mol. The molecule has 156 valence electrons. The van der Waals surface area contributed by atoms with Crippen molar-refractivity contribution in [3.63, 3.8) is 0 Å². The molecule has 0 aliphatic carbocycles. The fraction of sp³-hybridized carbons (Fsp3) is 0.0455. The molecule has 3 N–H and O–H groups in total. The molecule has 1 aliphatic rings. The van der Waals surface area contributed by atoms with Gasteiger partial charge in [0, 0.05) is 11.9 Å². The summed E-state index contributed by atoms with van der Waals surface area (Å²) in [5, 5.41) is 5.11. The molecule has 4 rings (SSSR count). The molecule has 0 atom stereocenters. The van der Waals surface area contributed by atoms with Crippen molar-refractivity contribution in [3.05, 3.63) is 78.1 Å². The summed E-state index contributed by atoms with van der Waals surface area (Å²) in [5.41, 5.74) is 2.54. The third kappa shape index (κ3) is 4.96. The van der Waals surface area contributed by atoms with Gasteiger partial charge in [0.15, 0.2) is 0 Å². The van der Waals surface area contributed by atoms with Crippen molar-refractivity contribution < 1.29 is 18.0 Å². The van der Waals surface area contributed by atoms with Crippen molar-refractivity contribution in [2.75, 3.05) is 15.4 Å². The fourth-order valence-electron chi connectivity index (χ4n) is 3.01. The number of nitrogens with zero attached hydrogens (tertiary/aromatic N) is 1. The van der Waals surface area contributed by atoms with Gasteiger partial charge in [-0.25, -0.2) is 8.42 Å². The molecular formula is C22H18N4O4S. The molecule has 1 aromatic heterocycles. The lowest BCUT2D eigenvalue weighted by molar-refractivity contribution is -0.123. The lowest BCUT2D eigenvalue weighted by Crippen LogP contribution is -2.16. The highest BCUT2D eigenvalue weighted by Gasteiger charge is 2.22. The minimum Gasteiger partial charge on any atom is -0.324 e. The Hall–Kier alpha value is -3.98. The SMILES string of the molecule is O=C1CC(=O)Nc2cc(S(=O)(=O)Nc3cccc(C=Cc4ccccn4)c3)ccc2N1. The Morgan fingerprint density at radius 3 is 2.45 bits per heavy atom. The molecule has 3 aromatic rings. The number of rotatable bonds is 5. The van der Waals surface area contributed by atoms with Crippen LogP contribution in [0.3, 0.4) is 0 Å². The summed E-state index contributed by atoms with van der Waals surface area (Å²) in [5.74, 6) is -0.966. The van der Waals surface area contributed by atoms with E-state index in [1.165, 1.54) is 18.2 Å². The highest BCUT2D eigenvalue weighted by atomic mass is 32.2. The molecule has 0 unspecified atom stereocenters. The summed E-state index contributed by atoms with van der Waals surface area (Å²) < 4.78 is 28.3. The third-order valence-electron chi connectivity index (χ3n) is 4.44. The maximum Gasteiger partial charge on any atom is 0.261 e. The van der Waals surface area contributed by atoms with Crippen LogP contribution in [0.4, 0.5) is 17.1 Å². The summed E-state index contributed by atoms with van der Waals surface area (Å²) >= 11 is 0. The first-order chi connectivity index (χ1) is 14.9. The quantitative estimate of drug-likeness (QED) is 0.533. The number of pyridine rings is 1. The Bertz CT molecular complexity index is 1290. The van der Waals surface area contributed by atoms with Crippen molar-refractivity contribution in [1.29, 1.82) is 0 Å². The highest BCUT2D eigenvalue weighted by Crippen LogP contribution is 2.28. The molecule has 0 spiro atoms. The molecule has 0 saturated heterocycles. The van der Waals surface area contributed by atoms with Gasteiger partial charge in [-0.3, -0.25) is 19.3 Å². The zero-order valence-corrected chi connectivity index (χ0v) is 17.0. The van der Waals surface area contributed by atoms with Crippen LogP contribution in [0, 0.1) is 0 Å². The van der Waals surface area contributed by atoms with Crippen molar-refractivity contribution >= 4 is 51.1 Å². The first-order valence-electron chi connectivity index (χ1n) is 9.35. The molecular weight excluding hydrogens is 416 g/mol. The average Bonchev–Trinajstić information content (AvgIpc) is 2.88. The van der Waals surface area contributed by atoms with Gasteiger partial charge in [-0.2, -0.15) is 0 Å². The molecule has 9 heteroatoms. The van der Waals surface area contributed by atoms with Crippen LogP contribution in [0.2, 0.25) is 0 Å². The number of carbonyl (C=O) groups is 2. The second-order valence-electron chi connectivity index (χ2n) is 6.80. The molecule has 1 aliphatic heterocycles.